The first-order valence-electron chi connectivity index (χ1n) is 12.1. The summed E-state index contributed by atoms with van der Waals surface area (Å²) in [6.07, 6.45) is 6.92. The molecule has 0 unspecified atom stereocenters. The van der Waals surface area contributed by atoms with Crippen LogP contribution in [0.1, 0.15) is 37.1 Å². The van der Waals surface area contributed by atoms with Crippen molar-refractivity contribution in [3.05, 3.63) is 76.7 Å². The van der Waals surface area contributed by atoms with Crippen LogP contribution in [0.25, 0.3) is 22.6 Å². The number of aromatic nitrogens is 4. The number of hydrogen-bond acceptors (Lipinski definition) is 4. The molecule has 0 aliphatic heterocycles. The van der Waals surface area contributed by atoms with Crippen LogP contribution in [0.4, 0.5) is 8.78 Å². The third-order valence-corrected chi connectivity index (χ3v) is 7.36. The Labute approximate surface area is 208 Å². The highest BCUT2D eigenvalue weighted by molar-refractivity contribution is 6.33. The lowest BCUT2D eigenvalue weighted by Crippen LogP contribution is -2.24. The molecule has 2 aromatic carbocycles. The van der Waals surface area contributed by atoms with Crippen molar-refractivity contribution in [2.45, 2.75) is 45.1 Å². The summed E-state index contributed by atoms with van der Waals surface area (Å²) < 4.78 is 31.0. The van der Waals surface area contributed by atoms with E-state index in [1.807, 2.05) is 10.6 Å². The lowest BCUT2D eigenvalue weighted by molar-refractivity contribution is 0.258. The fourth-order valence-corrected chi connectivity index (χ4v) is 5.25. The zero-order valence-corrected chi connectivity index (χ0v) is 20.2. The Balaban J connectivity index is 1.51. The van der Waals surface area contributed by atoms with E-state index >= 15 is 0 Å². The van der Waals surface area contributed by atoms with Crippen molar-refractivity contribution >= 4 is 22.8 Å². The van der Waals surface area contributed by atoms with Gasteiger partial charge in [-0.05, 0) is 74.2 Å². The summed E-state index contributed by atoms with van der Waals surface area (Å²) >= 11 is 6.43. The minimum absolute atomic E-state index is 0.233. The number of halogens is 3. The Morgan fingerprint density at radius 3 is 2.40 bits per heavy atom. The predicted octanol–water partition coefficient (Wildman–Crippen LogP) is 5.98. The van der Waals surface area contributed by atoms with Gasteiger partial charge in [-0.25, -0.2) is 23.7 Å². The Kier molecular flexibility index (Phi) is 7.07. The maximum atomic E-state index is 14.9. The highest BCUT2D eigenvalue weighted by atomic mass is 35.5. The molecular weight excluding hydrogens is 468 g/mol. The SMILES string of the molecule is NCC1CCC(Cn2c(-c3c(F)cccc3Cl)nc3cnc(CCc4ccccc4F)nc32)CC1. The fourth-order valence-electron chi connectivity index (χ4n) is 5.01. The second-order valence-corrected chi connectivity index (χ2v) is 9.76. The van der Waals surface area contributed by atoms with Gasteiger partial charge in [0.15, 0.2) is 5.65 Å². The van der Waals surface area contributed by atoms with Gasteiger partial charge in [0.1, 0.15) is 28.8 Å². The number of hydrogen-bond donors (Lipinski definition) is 1. The van der Waals surface area contributed by atoms with Gasteiger partial charge >= 0.3 is 0 Å². The van der Waals surface area contributed by atoms with Gasteiger partial charge in [-0.2, -0.15) is 0 Å². The molecular formula is C27H28ClF2N5. The first-order valence-corrected chi connectivity index (χ1v) is 12.5. The molecule has 182 valence electrons. The van der Waals surface area contributed by atoms with E-state index in [1.54, 1.807) is 30.5 Å². The van der Waals surface area contributed by atoms with Crippen molar-refractivity contribution in [3.8, 4) is 11.4 Å². The number of rotatable bonds is 7. The topological polar surface area (TPSA) is 69.6 Å². The van der Waals surface area contributed by atoms with Crippen LogP contribution in [0.3, 0.4) is 0 Å². The van der Waals surface area contributed by atoms with Crippen molar-refractivity contribution < 1.29 is 8.78 Å². The Morgan fingerprint density at radius 1 is 0.914 bits per heavy atom. The summed E-state index contributed by atoms with van der Waals surface area (Å²) in [5.74, 6) is 1.39. The van der Waals surface area contributed by atoms with Crippen molar-refractivity contribution in [1.29, 1.82) is 0 Å². The van der Waals surface area contributed by atoms with E-state index < -0.39 is 5.82 Å². The van der Waals surface area contributed by atoms with Crippen LogP contribution >= 0.6 is 11.6 Å². The molecule has 0 amide bonds. The average molecular weight is 496 g/mol. The molecule has 35 heavy (non-hydrogen) atoms. The van der Waals surface area contributed by atoms with Crippen LogP contribution < -0.4 is 5.73 Å². The maximum absolute atomic E-state index is 14.9. The Hall–Kier alpha value is -2.90. The molecule has 8 heteroatoms. The van der Waals surface area contributed by atoms with Gasteiger partial charge in [0.2, 0.25) is 0 Å². The number of nitrogens with two attached hydrogens (primary N) is 1. The van der Waals surface area contributed by atoms with Gasteiger partial charge in [0.25, 0.3) is 0 Å². The molecule has 2 heterocycles. The largest absolute Gasteiger partial charge is 0.330 e. The van der Waals surface area contributed by atoms with E-state index in [0.717, 1.165) is 32.2 Å². The summed E-state index contributed by atoms with van der Waals surface area (Å²) in [4.78, 5) is 14.0. The lowest BCUT2D eigenvalue weighted by Gasteiger charge is -2.28. The summed E-state index contributed by atoms with van der Waals surface area (Å²) in [5, 5.41) is 0.307. The molecule has 5 nitrogen and oxygen atoms in total. The molecule has 0 atom stereocenters. The monoisotopic (exact) mass is 495 g/mol. The zero-order chi connectivity index (χ0) is 24.4. The van der Waals surface area contributed by atoms with E-state index in [-0.39, 0.29) is 11.4 Å². The predicted molar refractivity (Wildman–Crippen MR) is 134 cm³/mol. The molecule has 0 radical (unpaired) electrons. The molecule has 2 aromatic heterocycles. The maximum Gasteiger partial charge on any atom is 0.164 e. The number of aryl methyl sites for hydroxylation is 2. The van der Waals surface area contributed by atoms with Crippen LogP contribution in [0.15, 0.2) is 48.7 Å². The smallest absolute Gasteiger partial charge is 0.164 e. The minimum Gasteiger partial charge on any atom is -0.330 e. The summed E-state index contributed by atoms with van der Waals surface area (Å²) in [6, 6.07) is 11.4. The molecule has 1 aliphatic carbocycles. The second kappa shape index (κ2) is 10.4. The van der Waals surface area contributed by atoms with Crippen LogP contribution in [0.2, 0.25) is 5.02 Å². The Morgan fingerprint density at radius 2 is 1.66 bits per heavy atom. The third kappa shape index (κ3) is 5.07. The van der Waals surface area contributed by atoms with Crippen molar-refractivity contribution in [3.63, 3.8) is 0 Å². The van der Waals surface area contributed by atoms with E-state index in [0.29, 0.717) is 64.6 Å². The lowest BCUT2D eigenvalue weighted by atomic mass is 9.82. The van der Waals surface area contributed by atoms with Crippen LogP contribution in [0.5, 0.6) is 0 Å². The van der Waals surface area contributed by atoms with E-state index in [1.165, 1.54) is 12.1 Å². The van der Waals surface area contributed by atoms with Crippen molar-refractivity contribution in [2.75, 3.05) is 6.54 Å². The minimum atomic E-state index is -0.423. The van der Waals surface area contributed by atoms with E-state index in [4.69, 9.17) is 27.3 Å². The van der Waals surface area contributed by atoms with E-state index in [2.05, 4.69) is 4.98 Å². The van der Waals surface area contributed by atoms with Gasteiger partial charge in [0.05, 0.1) is 16.8 Å². The molecule has 2 N–H and O–H groups in total. The summed E-state index contributed by atoms with van der Waals surface area (Å²) in [6.45, 7) is 1.38. The first-order chi connectivity index (χ1) is 17.0. The molecule has 1 fully saturated rings. The molecule has 1 aliphatic rings. The number of imidazole rings is 1. The third-order valence-electron chi connectivity index (χ3n) is 7.04. The molecule has 4 aromatic rings. The molecule has 0 saturated heterocycles. The first kappa shape index (κ1) is 23.8. The van der Waals surface area contributed by atoms with Crippen molar-refractivity contribution in [2.24, 2.45) is 17.6 Å². The molecule has 0 spiro atoms. The fraction of sp³-hybridized carbons (Fsp3) is 0.370. The van der Waals surface area contributed by atoms with Crippen molar-refractivity contribution in [1.82, 2.24) is 19.5 Å². The quantitative estimate of drug-likeness (QED) is 0.342. The van der Waals surface area contributed by atoms with Gasteiger partial charge in [-0.1, -0.05) is 35.9 Å². The van der Waals surface area contributed by atoms with Gasteiger partial charge in [-0.15, -0.1) is 0 Å². The number of nitrogens with zero attached hydrogens (tertiary/aromatic N) is 4. The summed E-state index contributed by atoms with van der Waals surface area (Å²) in [5.41, 5.74) is 8.02. The molecule has 0 bridgehead atoms. The highest BCUT2D eigenvalue weighted by Crippen LogP contribution is 2.35. The molecule has 5 rings (SSSR count). The van der Waals surface area contributed by atoms with Crippen LogP contribution in [0, 0.1) is 23.5 Å². The highest BCUT2D eigenvalue weighted by Gasteiger charge is 2.25. The Bertz CT molecular complexity index is 1310. The summed E-state index contributed by atoms with van der Waals surface area (Å²) in [7, 11) is 0. The second-order valence-electron chi connectivity index (χ2n) is 9.35. The van der Waals surface area contributed by atoms with Gasteiger partial charge < -0.3 is 10.3 Å². The zero-order valence-electron chi connectivity index (χ0n) is 19.4. The standard InChI is InChI=1S/C27H28ClF2N5/c28-20-5-3-7-22(30)25(20)27-33-23-15-32-24(13-12-19-4-1-2-6-21(19)29)34-26(23)35(27)16-18-10-8-17(14-31)9-11-18/h1-7,15,17-18H,8-14,16,31H2. The van der Waals surface area contributed by atoms with Gasteiger partial charge in [-0.3, -0.25) is 0 Å². The number of benzene rings is 2. The van der Waals surface area contributed by atoms with E-state index in [9.17, 15) is 8.78 Å². The number of fused-ring (bicyclic) bond motifs is 1. The van der Waals surface area contributed by atoms with Gasteiger partial charge in [0, 0.05) is 13.0 Å². The van der Waals surface area contributed by atoms with Crippen LogP contribution in [-0.2, 0) is 19.4 Å². The molecule has 1 saturated carbocycles. The normalized spacial score (nSPS) is 18.3. The van der Waals surface area contributed by atoms with Crippen LogP contribution in [-0.4, -0.2) is 26.1 Å². The average Bonchev–Trinajstić information content (AvgIpc) is 3.21.